The molecule has 0 aliphatic heterocycles. The maximum atomic E-state index is 11.8. The molecule has 1 atom stereocenters. The SMILES string of the molecule is CC1(C)C(NC(=O)NC(CCC(=O)O)C(=O)O)C1(C)C. The minimum Gasteiger partial charge on any atom is -0.481 e. The molecule has 1 saturated carbocycles. The molecule has 1 aliphatic carbocycles. The zero-order chi connectivity index (χ0) is 15.7. The molecule has 0 radical (unpaired) electrons. The molecule has 7 nitrogen and oxygen atoms in total. The summed E-state index contributed by atoms with van der Waals surface area (Å²) in [6.07, 6.45) is -0.451. The summed E-state index contributed by atoms with van der Waals surface area (Å²) in [4.78, 5) is 33.2. The van der Waals surface area contributed by atoms with E-state index >= 15 is 0 Å². The van der Waals surface area contributed by atoms with Crippen molar-refractivity contribution >= 4 is 18.0 Å². The number of carboxylic acids is 2. The van der Waals surface area contributed by atoms with E-state index < -0.39 is 24.0 Å². The second-order valence-electron chi connectivity index (χ2n) is 6.32. The number of amides is 2. The van der Waals surface area contributed by atoms with Gasteiger partial charge in [0.05, 0.1) is 0 Å². The van der Waals surface area contributed by atoms with Gasteiger partial charge in [0.25, 0.3) is 0 Å². The molecule has 114 valence electrons. The summed E-state index contributed by atoms with van der Waals surface area (Å²) >= 11 is 0. The van der Waals surface area contributed by atoms with Crippen LogP contribution in [0.25, 0.3) is 0 Å². The molecule has 0 aromatic heterocycles. The van der Waals surface area contributed by atoms with Crippen LogP contribution in [0.1, 0.15) is 40.5 Å². The second-order valence-corrected chi connectivity index (χ2v) is 6.32. The van der Waals surface area contributed by atoms with Crippen molar-refractivity contribution in [3.05, 3.63) is 0 Å². The number of carbonyl (C=O) groups is 3. The fourth-order valence-electron chi connectivity index (χ4n) is 2.41. The monoisotopic (exact) mass is 286 g/mol. The van der Waals surface area contributed by atoms with E-state index in [0.29, 0.717) is 0 Å². The smallest absolute Gasteiger partial charge is 0.326 e. The van der Waals surface area contributed by atoms with Gasteiger partial charge in [-0.3, -0.25) is 4.79 Å². The van der Waals surface area contributed by atoms with E-state index in [1.165, 1.54) is 0 Å². The third-order valence-corrected chi connectivity index (χ3v) is 4.55. The van der Waals surface area contributed by atoms with Crippen LogP contribution in [0.4, 0.5) is 4.79 Å². The molecule has 1 fully saturated rings. The van der Waals surface area contributed by atoms with Crippen LogP contribution in [0, 0.1) is 10.8 Å². The van der Waals surface area contributed by atoms with Gasteiger partial charge < -0.3 is 20.8 Å². The van der Waals surface area contributed by atoms with Gasteiger partial charge in [0.15, 0.2) is 0 Å². The highest BCUT2D eigenvalue weighted by Crippen LogP contribution is 2.62. The molecule has 20 heavy (non-hydrogen) atoms. The lowest BCUT2D eigenvalue weighted by Gasteiger charge is -2.15. The Kier molecular flexibility index (Phi) is 4.31. The number of nitrogens with one attached hydrogen (secondary N) is 2. The van der Waals surface area contributed by atoms with E-state index in [2.05, 4.69) is 10.6 Å². The Morgan fingerprint density at radius 1 is 1.10 bits per heavy atom. The molecule has 0 aromatic rings. The number of aliphatic carboxylic acids is 2. The average Bonchev–Trinajstić information content (AvgIpc) is 2.66. The summed E-state index contributed by atoms with van der Waals surface area (Å²) in [6.45, 7) is 8.10. The van der Waals surface area contributed by atoms with Crippen LogP contribution >= 0.6 is 0 Å². The van der Waals surface area contributed by atoms with Crippen LogP contribution < -0.4 is 10.6 Å². The van der Waals surface area contributed by atoms with Crippen molar-refractivity contribution in [2.75, 3.05) is 0 Å². The minimum absolute atomic E-state index is 0.0380. The Bertz CT molecular complexity index is 416. The van der Waals surface area contributed by atoms with Crippen molar-refractivity contribution in [1.29, 1.82) is 0 Å². The van der Waals surface area contributed by atoms with Gasteiger partial charge in [-0.05, 0) is 17.3 Å². The maximum Gasteiger partial charge on any atom is 0.326 e. The van der Waals surface area contributed by atoms with Crippen molar-refractivity contribution in [2.24, 2.45) is 10.8 Å². The number of hydrogen-bond acceptors (Lipinski definition) is 3. The zero-order valence-corrected chi connectivity index (χ0v) is 12.2. The lowest BCUT2D eigenvalue weighted by Crippen LogP contribution is -2.47. The number of carboxylic acid groups (broad SMARTS) is 2. The van der Waals surface area contributed by atoms with Crippen LogP contribution in [0.5, 0.6) is 0 Å². The Morgan fingerprint density at radius 2 is 1.60 bits per heavy atom. The summed E-state index contributed by atoms with van der Waals surface area (Å²) in [6, 6.07) is -1.81. The molecule has 0 bridgehead atoms. The fraction of sp³-hybridized carbons (Fsp3) is 0.769. The highest BCUT2D eigenvalue weighted by Gasteiger charge is 2.65. The van der Waals surface area contributed by atoms with Gasteiger partial charge in [-0.25, -0.2) is 9.59 Å². The van der Waals surface area contributed by atoms with Crippen LogP contribution in [0.2, 0.25) is 0 Å². The summed E-state index contributed by atoms with van der Waals surface area (Å²) in [5.41, 5.74) is -0.103. The van der Waals surface area contributed by atoms with Gasteiger partial charge >= 0.3 is 18.0 Å². The summed E-state index contributed by atoms with van der Waals surface area (Å²) in [5.74, 6) is -2.33. The Morgan fingerprint density at radius 3 is 1.95 bits per heavy atom. The minimum atomic E-state index is -1.24. The molecule has 0 aromatic carbocycles. The van der Waals surface area contributed by atoms with E-state index in [4.69, 9.17) is 10.2 Å². The highest BCUT2D eigenvalue weighted by molar-refractivity contribution is 5.83. The zero-order valence-electron chi connectivity index (χ0n) is 12.2. The van der Waals surface area contributed by atoms with Crippen LogP contribution in [-0.4, -0.2) is 40.3 Å². The predicted octanol–water partition coefficient (Wildman–Crippen LogP) is 1.04. The third kappa shape index (κ3) is 3.20. The number of carbonyl (C=O) groups excluding carboxylic acids is 1. The fourth-order valence-corrected chi connectivity index (χ4v) is 2.41. The van der Waals surface area contributed by atoms with Crippen molar-refractivity contribution in [2.45, 2.75) is 52.6 Å². The van der Waals surface area contributed by atoms with Crippen molar-refractivity contribution in [3.63, 3.8) is 0 Å². The molecule has 1 aliphatic rings. The summed E-state index contributed by atoms with van der Waals surface area (Å²) in [5, 5.41) is 22.6. The molecule has 1 unspecified atom stereocenters. The molecule has 0 saturated heterocycles. The molecule has 1 rings (SSSR count). The Labute approximate surface area is 117 Å². The first-order valence-electron chi connectivity index (χ1n) is 6.51. The number of hydrogen-bond donors (Lipinski definition) is 4. The van der Waals surface area contributed by atoms with E-state index in [0.717, 1.165) is 0 Å². The largest absolute Gasteiger partial charge is 0.481 e. The van der Waals surface area contributed by atoms with Gasteiger partial charge in [-0.2, -0.15) is 0 Å². The highest BCUT2D eigenvalue weighted by atomic mass is 16.4. The Balaban J connectivity index is 2.52. The first kappa shape index (κ1) is 16.3. The van der Waals surface area contributed by atoms with Gasteiger partial charge in [0, 0.05) is 12.5 Å². The Hall–Kier alpha value is -1.79. The van der Waals surface area contributed by atoms with E-state index in [9.17, 15) is 14.4 Å². The van der Waals surface area contributed by atoms with Crippen LogP contribution in [0.15, 0.2) is 0 Å². The van der Waals surface area contributed by atoms with Gasteiger partial charge in [-0.1, -0.05) is 27.7 Å². The maximum absolute atomic E-state index is 11.8. The molecular weight excluding hydrogens is 264 g/mol. The van der Waals surface area contributed by atoms with Gasteiger partial charge in [-0.15, -0.1) is 0 Å². The standard InChI is InChI=1S/C13H22N2O5/c1-12(2)10(13(12,3)4)15-11(20)14-7(9(18)19)5-6-8(16)17/h7,10H,5-6H2,1-4H3,(H,16,17)(H,18,19)(H2,14,15,20). The summed E-state index contributed by atoms with van der Waals surface area (Å²) < 4.78 is 0. The first-order valence-corrected chi connectivity index (χ1v) is 6.51. The van der Waals surface area contributed by atoms with E-state index in [1.807, 2.05) is 27.7 Å². The first-order chi connectivity index (χ1) is 9.00. The quantitative estimate of drug-likeness (QED) is 0.582. The molecule has 0 heterocycles. The van der Waals surface area contributed by atoms with E-state index in [-0.39, 0.29) is 29.7 Å². The van der Waals surface area contributed by atoms with Crippen molar-refractivity contribution in [3.8, 4) is 0 Å². The van der Waals surface area contributed by atoms with Gasteiger partial charge in [0.1, 0.15) is 6.04 Å². The molecule has 0 spiro atoms. The third-order valence-electron chi connectivity index (χ3n) is 4.55. The number of rotatable bonds is 6. The van der Waals surface area contributed by atoms with Gasteiger partial charge in [0.2, 0.25) is 0 Å². The topological polar surface area (TPSA) is 116 Å². The predicted molar refractivity (Wildman–Crippen MR) is 71.3 cm³/mol. The van der Waals surface area contributed by atoms with Crippen LogP contribution in [-0.2, 0) is 9.59 Å². The molecular formula is C13H22N2O5. The number of urea groups is 1. The second kappa shape index (κ2) is 5.30. The average molecular weight is 286 g/mol. The lowest BCUT2D eigenvalue weighted by atomic mass is 10.0. The normalized spacial score (nSPS) is 20.8. The van der Waals surface area contributed by atoms with Crippen molar-refractivity contribution < 1.29 is 24.6 Å². The lowest BCUT2D eigenvalue weighted by molar-refractivity contribution is -0.140. The molecule has 4 N–H and O–H groups in total. The molecule has 2 amide bonds. The van der Waals surface area contributed by atoms with Crippen molar-refractivity contribution in [1.82, 2.24) is 10.6 Å². The molecule has 7 heteroatoms. The van der Waals surface area contributed by atoms with E-state index in [1.54, 1.807) is 0 Å². The summed E-state index contributed by atoms with van der Waals surface area (Å²) in [7, 11) is 0. The van der Waals surface area contributed by atoms with Crippen LogP contribution in [0.3, 0.4) is 0 Å².